The molecule has 0 heterocycles. The van der Waals surface area contributed by atoms with Gasteiger partial charge in [-0.05, 0) is 19.3 Å². The predicted octanol–water partition coefficient (Wildman–Crippen LogP) is -0.417. The number of nitrogens with two attached hydrogens (primary N) is 2. The van der Waals surface area contributed by atoms with Crippen molar-refractivity contribution in [2.45, 2.75) is 31.3 Å². The summed E-state index contributed by atoms with van der Waals surface area (Å²) in [5.74, 6) is 1.85. The molecular formula is C7H12N2O. The van der Waals surface area contributed by atoms with E-state index in [0.29, 0.717) is 12.0 Å². The Morgan fingerprint density at radius 1 is 1.40 bits per heavy atom. The molecule has 3 heteroatoms. The van der Waals surface area contributed by atoms with Crippen LogP contribution in [-0.2, 0) is 4.79 Å². The molecule has 0 saturated heterocycles. The summed E-state index contributed by atoms with van der Waals surface area (Å²) in [6.45, 7) is 0. The molecule has 0 aromatic carbocycles. The van der Waals surface area contributed by atoms with Crippen molar-refractivity contribution >= 4 is 5.94 Å². The molecule has 1 fully saturated rings. The van der Waals surface area contributed by atoms with Crippen molar-refractivity contribution in [1.29, 1.82) is 0 Å². The largest absolute Gasteiger partial charge is 0.327 e. The molecule has 1 saturated carbocycles. The van der Waals surface area contributed by atoms with Crippen molar-refractivity contribution in [2.24, 2.45) is 11.5 Å². The third-order valence-corrected chi connectivity index (χ3v) is 1.91. The van der Waals surface area contributed by atoms with E-state index in [2.05, 4.69) is 0 Å². The van der Waals surface area contributed by atoms with Gasteiger partial charge in [0.15, 0.2) is 0 Å². The lowest BCUT2D eigenvalue weighted by molar-refractivity contribution is 0.472. The van der Waals surface area contributed by atoms with Crippen LogP contribution in [0.5, 0.6) is 0 Å². The lowest BCUT2D eigenvalue weighted by atomic mass is 9.88. The van der Waals surface area contributed by atoms with Crippen LogP contribution in [0.2, 0.25) is 0 Å². The first-order valence-electron chi connectivity index (χ1n) is 3.49. The van der Waals surface area contributed by atoms with Crippen molar-refractivity contribution in [1.82, 2.24) is 0 Å². The van der Waals surface area contributed by atoms with E-state index in [-0.39, 0.29) is 12.1 Å². The van der Waals surface area contributed by atoms with Crippen LogP contribution < -0.4 is 11.5 Å². The van der Waals surface area contributed by atoms with Crippen LogP contribution in [0.15, 0.2) is 5.57 Å². The zero-order valence-electron chi connectivity index (χ0n) is 5.84. The Bertz CT molecular complexity index is 172. The number of hydrogen-bond donors (Lipinski definition) is 2. The first-order chi connectivity index (χ1) is 4.74. The van der Waals surface area contributed by atoms with E-state index in [1.54, 1.807) is 0 Å². The molecule has 0 aromatic heterocycles. The third-order valence-electron chi connectivity index (χ3n) is 1.91. The summed E-state index contributed by atoms with van der Waals surface area (Å²) >= 11 is 0. The lowest BCUT2D eigenvalue weighted by Gasteiger charge is -2.23. The van der Waals surface area contributed by atoms with Crippen LogP contribution in [-0.4, -0.2) is 18.0 Å². The Labute approximate surface area is 60.1 Å². The highest BCUT2D eigenvalue weighted by Crippen LogP contribution is 2.18. The summed E-state index contributed by atoms with van der Waals surface area (Å²) in [6, 6.07) is 0.0357. The standard InChI is InChI=1S/C7H12N2O/c8-6-1-2-7(9)5(3-6)4-10/h6-7H,1-3,8-9H2/t6-,7-/m0/s1. The molecule has 2 atom stereocenters. The molecular weight excluding hydrogens is 128 g/mol. The second-order valence-electron chi connectivity index (χ2n) is 2.78. The first kappa shape index (κ1) is 7.48. The van der Waals surface area contributed by atoms with Gasteiger partial charge in [0.05, 0.1) is 0 Å². The maximum absolute atomic E-state index is 10.2. The molecule has 0 amide bonds. The lowest BCUT2D eigenvalue weighted by Crippen LogP contribution is -2.35. The summed E-state index contributed by atoms with van der Waals surface area (Å²) < 4.78 is 0. The van der Waals surface area contributed by atoms with Crippen molar-refractivity contribution in [3.63, 3.8) is 0 Å². The minimum absolute atomic E-state index is 0.0858. The highest BCUT2D eigenvalue weighted by atomic mass is 16.1. The van der Waals surface area contributed by atoms with Gasteiger partial charge in [0.1, 0.15) is 5.94 Å². The molecule has 1 aliphatic rings. The number of carbonyl (C=O) groups excluding carboxylic acids is 1. The molecule has 0 aliphatic heterocycles. The smallest absolute Gasteiger partial charge is 0.125 e. The van der Waals surface area contributed by atoms with Crippen LogP contribution in [0.25, 0.3) is 0 Å². The zero-order valence-corrected chi connectivity index (χ0v) is 5.84. The highest BCUT2D eigenvalue weighted by Gasteiger charge is 2.20. The van der Waals surface area contributed by atoms with Crippen LogP contribution in [0.3, 0.4) is 0 Å². The molecule has 1 aliphatic carbocycles. The Morgan fingerprint density at radius 2 is 2.10 bits per heavy atom. The maximum Gasteiger partial charge on any atom is 0.125 e. The molecule has 0 unspecified atom stereocenters. The SMILES string of the molecule is N[C@H]1CC[C@H](N)C(=C=O)C1. The number of hydrogen-bond acceptors (Lipinski definition) is 3. The Hall–Kier alpha value is -0.630. The average Bonchev–Trinajstić information content (AvgIpc) is 1.94. The Morgan fingerprint density at radius 3 is 2.60 bits per heavy atom. The summed E-state index contributed by atoms with van der Waals surface area (Å²) in [7, 11) is 0. The molecule has 0 bridgehead atoms. The van der Waals surface area contributed by atoms with Gasteiger partial charge in [-0.15, -0.1) is 0 Å². The number of rotatable bonds is 0. The fourth-order valence-electron chi connectivity index (χ4n) is 1.22. The summed E-state index contributed by atoms with van der Waals surface area (Å²) in [6.07, 6.45) is 2.38. The molecule has 3 nitrogen and oxygen atoms in total. The first-order valence-corrected chi connectivity index (χ1v) is 3.49. The second-order valence-corrected chi connectivity index (χ2v) is 2.78. The van der Waals surface area contributed by atoms with Crippen LogP contribution in [0.1, 0.15) is 19.3 Å². The fraction of sp³-hybridized carbons (Fsp3) is 0.714. The molecule has 0 radical (unpaired) electrons. The second kappa shape index (κ2) is 2.97. The van der Waals surface area contributed by atoms with Gasteiger partial charge in [-0.25, -0.2) is 4.79 Å². The van der Waals surface area contributed by atoms with Crippen LogP contribution in [0, 0.1) is 0 Å². The minimum atomic E-state index is -0.0858. The zero-order chi connectivity index (χ0) is 7.56. The molecule has 1 rings (SSSR count). The van der Waals surface area contributed by atoms with Crippen molar-refractivity contribution in [3.05, 3.63) is 5.57 Å². The highest BCUT2D eigenvalue weighted by molar-refractivity contribution is 5.55. The van der Waals surface area contributed by atoms with Crippen molar-refractivity contribution in [3.8, 4) is 0 Å². The minimum Gasteiger partial charge on any atom is -0.327 e. The molecule has 10 heavy (non-hydrogen) atoms. The van der Waals surface area contributed by atoms with Gasteiger partial charge < -0.3 is 11.5 Å². The van der Waals surface area contributed by atoms with E-state index < -0.39 is 0 Å². The van der Waals surface area contributed by atoms with E-state index in [9.17, 15) is 4.79 Å². The summed E-state index contributed by atoms with van der Waals surface area (Å²) in [5.41, 5.74) is 11.9. The van der Waals surface area contributed by atoms with E-state index in [1.807, 2.05) is 5.94 Å². The van der Waals surface area contributed by atoms with Gasteiger partial charge >= 0.3 is 0 Å². The van der Waals surface area contributed by atoms with E-state index in [1.165, 1.54) is 0 Å². The van der Waals surface area contributed by atoms with Gasteiger partial charge in [-0.3, -0.25) is 0 Å². The van der Waals surface area contributed by atoms with E-state index in [4.69, 9.17) is 11.5 Å². The normalized spacial score (nSPS) is 33.6. The fourth-order valence-corrected chi connectivity index (χ4v) is 1.22. The van der Waals surface area contributed by atoms with Crippen molar-refractivity contribution in [2.75, 3.05) is 0 Å². The average molecular weight is 140 g/mol. The van der Waals surface area contributed by atoms with Gasteiger partial charge in [0.25, 0.3) is 0 Å². The van der Waals surface area contributed by atoms with Crippen LogP contribution >= 0.6 is 0 Å². The van der Waals surface area contributed by atoms with Gasteiger partial charge in [0.2, 0.25) is 0 Å². The van der Waals surface area contributed by atoms with E-state index >= 15 is 0 Å². The summed E-state index contributed by atoms with van der Waals surface area (Å²) in [5, 5.41) is 0. The van der Waals surface area contributed by atoms with Gasteiger partial charge in [-0.1, -0.05) is 0 Å². The topological polar surface area (TPSA) is 69.1 Å². The van der Waals surface area contributed by atoms with Gasteiger partial charge in [0, 0.05) is 17.7 Å². The van der Waals surface area contributed by atoms with E-state index in [0.717, 1.165) is 12.8 Å². The van der Waals surface area contributed by atoms with Crippen molar-refractivity contribution < 1.29 is 4.79 Å². The maximum atomic E-state index is 10.2. The Kier molecular flexibility index (Phi) is 2.22. The molecule has 56 valence electrons. The molecule has 4 N–H and O–H groups in total. The summed E-state index contributed by atoms with van der Waals surface area (Å²) in [4.78, 5) is 10.2. The molecule has 0 spiro atoms. The molecule has 0 aromatic rings. The monoisotopic (exact) mass is 140 g/mol. The Balaban J connectivity index is 2.63. The third kappa shape index (κ3) is 1.45. The quantitative estimate of drug-likeness (QED) is 0.449. The predicted molar refractivity (Wildman–Crippen MR) is 39.0 cm³/mol. The van der Waals surface area contributed by atoms with Crippen LogP contribution in [0.4, 0.5) is 0 Å². The van der Waals surface area contributed by atoms with Gasteiger partial charge in [-0.2, -0.15) is 0 Å².